The van der Waals surface area contributed by atoms with Gasteiger partial charge >= 0.3 is 0 Å². The number of hydrogen-bond donors (Lipinski definition) is 0. The maximum absolute atomic E-state index is 2.83. The summed E-state index contributed by atoms with van der Waals surface area (Å²) in [6.07, 6.45) is 4.95. The molecule has 2 atom stereocenters. The van der Waals surface area contributed by atoms with Gasteiger partial charge in [0.2, 0.25) is 0 Å². The highest BCUT2D eigenvalue weighted by molar-refractivity contribution is 7.00. The fraction of sp³-hybridized carbons (Fsp3) is 0.188. The molecule has 328 valence electrons. The summed E-state index contributed by atoms with van der Waals surface area (Å²) < 4.78 is 0. The number of rotatable bonds is 5. The summed E-state index contributed by atoms with van der Waals surface area (Å²) >= 11 is 0. The van der Waals surface area contributed by atoms with Gasteiger partial charge in [0.1, 0.15) is 0 Å². The van der Waals surface area contributed by atoms with Crippen molar-refractivity contribution in [1.82, 2.24) is 0 Å². The van der Waals surface area contributed by atoms with Crippen molar-refractivity contribution in [3.63, 3.8) is 0 Å². The molecule has 1 saturated carbocycles. The van der Waals surface area contributed by atoms with Gasteiger partial charge in [-0.3, -0.25) is 0 Å². The van der Waals surface area contributed by atoms with E-state index in [-0.39, 0.29) is 23.1 Å². The van der Waals surface area contributed by atoms with Crippen LogP contribution in [0.15, 0.2) is 188 Å². The van der Waals surface area contributed by atoms with Gasteiger partial charge in [-0.15, -0.1) is 0 Å². The fourth-order valence-corrected chi connectivity index (χ4v) is 14.0. The number of aryl methyl sites for hydroxylation is 1. The van der Waals surface area contributed by atoms with Gasteiger partial charge < -0.3 is 14.7 Å². The van der Waals surface area contributed by atoms with Crippen LogP contribution in [-0.2, 0) is 10.8 Å². The highest BCUT2D eigenvalue weighted by atomic mass is 15.3. The molecule has 1 fully saturated rings. The average Bonchev–Trinajstić information content (AvgIpc) is 3.73. The minimum Gasteiger partial charge on any atom is -0.335 e. The van der Waals surface area contributed by atoms with E-state index in [0.717, 1.165) is 11.4 Å². The monoisotopic (exact) mass is 875 g/mol. The zero-order valence-electron chi connectivity index (χ0n) is 39.6. The quantitative estimate of drug-likeness (QED) is 0.160. The highest BCUT2D eigenvalue weighted by Crippen LogP contribution is 2.62. The van der Waals surface area contributed by atoms with E-state index in [1.54, 1.807) is 0 Å². The summed E-state index contributed by atoms with van der Waals surface area (Å²) in [5.74, 6) is 0. The molecule has 3 heterocycles. The Morgan fingerprint density at radius 1 is 0.529 bits per heavy atom. The second-order valence-electron chi connectivity index (χ2n) is 21.2. The highest BCUT2D eigenvalue weighted by Gasteiger charge is 2.61. The van der Waals surface area contributed by atoms with Gasteiger partial charge in [0.25, 0.3) is 6.71 Å². The summed E-state index contributed by atoms with van der Waals surface area (Å²) in [5, 5.41) is 2.51. The number of fused-ring (bicyclic) bond motifs is 11. The average molecular weight is 876 g/mol. The molecule has 0 aromatic heterocycles. The second-order valence-corrected chi connectivity index (χ2v) is 21.2. The molecule has 0 N–H and O–H groups in total. The first-order chi connectivity index (χ1) is 33.2. The van der Waals surface area contributed by atoms with Crippen molar-refractivity contribution in [3.05, 3.63) is 210 Å². The molecule has 3 aliphatic heterocycles. The van der Waals surface area contributed by atoms with Gasteiger partial charge in [-0.2, -0.15) is 0 Å². The van der Waals surface area contributed by atoms with E-state index in [2.05, 4.69) is 237 Å². The Morgan fingerprint density at radius 3 is 2.12 bits per heavy atom. The number of para-hydroxylation sites is 2. The third kappa shape index (κ3) is 5.21. The molecule has 9 aromatic carbocycles. The van der Waals surface area contributed by atoms with E-state index in [4.69, 9.17) is 0 Å². The molecule has 0 spiro atoms. The van der Waals surface area contributed by atoms with Crippen LogP contribution in [0.4, 0.5) is 45.5 Å². The third-order valence-electron chi connectivity index (χ3n) is 17.4. The number of nitrogens with zero attached hydrogens (tertiary/aromatic N) is 3. The topological polar surface area (TPSA) is 9.72 Å². The lowest BCUT2D eigenvalue weighted by Crippen LogP contribution is -2.64. The molecule has 4 heteroatoms. The molecular weight excluding hydrogens is 822 g/mol. The van der Waals surface area contributed by atoms with Crippen molar-refractivity contribution in [2.24, 2.45) is 0 Å². The van der Waals surface area contributed by atoms with Crippen molar-refractivity contribution in [3.8, 4) is 22.3 Å². The van der Waals surface area contributed by atoms with Crippen LogP contribution in [0.25, 0.3) is 33.0 Å². The van der Waals surface area contributed by atoms with Crippen LogP contribution >= 0.6 is 0 Å². The maximum Gasteiger partial charge on any atom is 0.252 e. The maximum atomic E-state index is 2.83. The van der Waals surface area contributed by atoms with Gasteiger partial charge in [0.15, 0.2) is 0 Å². The first-order valence-electron chi connectivity index (χ1n) is 24.8. The predicted octanol–water partition coefficient (Wildman–Crippen LogP) is 14.9. The molecule has 0 radical (unpaired) electrons. The number of hydrogen-bond acceptors (Lipinski definition) is 3. The molecule has 5 aliphatic rings. The van der Waals surface area contributed by atoms with Gasteiger partial charge in [-0.1, -0.05) is 167 Å². The Balaban J connectivity index is 1.04. The van der Waals surface area contributed by atoms with Crippen LogP contribution < -0.4 is 31.1 Å². The minimum atomic E-state index is -0.145. The van der Waals surface area contributed by atoms with Gasteiger partial charge in [0.05, 0.1) is 11.2 Å². The fourth-order valence-electron chi connectivity index (χ4n) is 14.0. The first kappa shape index (κ1) is 39.8. The molecule has 2 aliphatic carbocycles. The van der Waals surface area contributed by atoms with E-state index < -0.39 is 0 Å². The third-order valence-corrected chi connectivity index (χ3v) is 17.4. The van der Waals surface area contributed by atoms with E-state index in [0.29, 0.717) is 0 Å². The molecule has 9 aromatic rings. The Labute approximate surface area is 401 Å². The van der Waals surface area contributed by atoms with Crippen molar-refractivity contribution >= 4 is 79.4 Å². The molecule has 0 saturated heterocycles. The SMILES string of the molecule is Cc1cc2c3c(c1)N1c4c(cccc4C4(C)CCCCC14C)B3c1ccc(N(c3cccc(-c4cccc5ccccc45)c3)c3cccc4c3-c3ccccc3C4(C)C)cc1N2c1ccccc1. The molecule has 68 heavy (non-hydrogen) atoms. The summed E-state index contributed by atoms with van der Waals surface area (Å²) in [5.41, 5.74) is 24.7. The van der Waals surface area contributed by atoms with E-state index in [1.165, 1.54) is 131 Å². The summed E-state index contributed by atoms with van der Waals surface area (Å²) in [4.78, 5) is 7.98. The normalized spacial score (nSPS) is 19.8. The van der Waals surface area contributed by atoms with E-state index in [9.17, 15) is 0 Å². The Bertz CT molecular complexity index is 3590. The van der Waals surface area contributed by atoms with E-state index >= 15 is 0 Å². The van der Waals surface area contributed by atoms with Crippen LogP contribution in [0.2, 0.25) is 0 Å². The minimum absolute atomic E-state index is 0.0118. The van der Waals surface area contributed by atoms with Gasteiger partial charge in [0, 0.05) is 56.2 Å². The molecule has 0 bridgehead atoms. The summed E-state index contributed by atoms with van der Waals surface area (Å²) in [7, 11) is 0. The zero-order valence-corrected chi connectivity index (χ0v) is 39.6. The van der Waals surface area contributed by atoms with Crippen molar-refractivity contribution in [2.45, 2.75) is 76.7 Å². The predicted molar refractivity (Wildman–Crippen MR) is 289 cm³/mol. The first-order valence-corrected chi connectivity index (χ1v) is 24.8. The second kappa shape index (κ2) is 14.1. The lowest BCUT2D eigenvalue weighted by Gasteiger charge is -2.52. The lowest BCUT2D eigenvalue weighted by atomic mass is 9.33. The Kier molecular flexibility index (Phi) is 8.27. The van der Waals surface area contributed by atoms with Crippen LogP contribution in [-0.4, -0.2) is 12.3 Å². The van der Waals surface area contributed by atoms with Crippen molar-refractivity contribution < 1.29 is 0 Å². The van der Waals surface area contributed by atoms with Crippen LogP contribution in [0.1, 0.15) is 75.6 Å². The van der Waals surface area contributed by atoms with E-state index in [1.807, 2.05) is 0 Å². The Hall–Kier alpha value is -7.30. The molecule has 2 unspecified atom stereocenters. The smallest absolute Gasteiger partial charge is 0.252 e. The van der Waals surface area contributed by atoms with Gasteiger partial charge in [-0.25, -0.2) is 0 Å². The van der Waals surface area contributed by atoms with Crippen LogP contribution in [0.5, 0.6) is 0 Å². The largest absolute Gasteiger partial charge is 0.335 e. The van der Waals surface area contributed by atoms with Crippen molar-refractivity contribution in [2.75, 3.05) is 14.7 Å². The van der Waals surface area contributed by atoms with Gasteiger partial charge in [-0.05, 0) is 147 Å². The number of anilines is 8. The van der Waals surface area contributed by atoms with Crippen LogP contribution in [0, 0.1) is 6.92 Å². The lowest BCUT2D eigenvalue weighted by molar-refractivity contribution is 0.195. The molecule has 3 nitrogen and oxygen atoms in total. The Morgan fingerprint density at radius 2 is 1.22 bits per heavy atom. The summed E-state index contributed by atoms with van der Waals surface area (Å²) in [6, 6.07) is 71.6. The summed E-state index contributed by atoms with van der Waals surface area (Å²) in [6.45, 7) is 12.3. The standard InChI is InChI=1S/C64H54BN3/c1-41-37-57-60-58(38-41)68-61-52(63(4)35-13-14-36-64(63,68)5)30-17-31-54(61)65(60)53-34-33-46(40-56(53)67(57)44-22-7-6-8-23-44)66(55-32-18-29-51-59(55)49-26-11-12-28-50(49)62(51,2)3)45-24-15-21-43(39-45)48-27-16-20-42-19-9-10-25-47(42)48/h6-12,15-34,37-40H,13-14,35-36H2,1-5H3. The van der Waals surface area contributed by atoms with Crippen LogP contribution in [0.3, 0.4) is 0 Å². The zero-order chi connectivity index (χ0) is 45.7. The number of benzene rings is 9. The van der Waals surface area contributed by atoms with Crippen molar-refractivity contribution in [1.29, 1.82) is 0 Å². The molecule has 14 rings (SSSR count). The molecular formula is C64H54BN3. The molecule has 0 amide bonds.